The van der Waals surface area contributed by atoms with Crippen molar-refractivity contribution in [3.8, 4) is 22.9 Å². The molecule has 0 fully saturated rings. The molecular weight excluding hydrogens is 288 g/mol. The number of hydrogen-bond acceptors (Lipinski definition) is 3. The average molecular weight is 301 g/mol. The molecule has 106 valence electrons. The molecule has 1 heterocycles. The first kappa shape index (κ1) is 13.5. The van der Waals surface area contributed by atoms with E-state index in [1.54, 1.807) is 30.3 Å². The van der Waals surface area contributed by atoms with Gasteiger partial charge in [0.2, 0.25) is 0 Å². The van der Waals surface area contributed by atoms with Gasteiger partial charge in [-0.25, -0.2) is 4.68 Å². The average Bonchev–Trinajstić information content (AvgIpc) is 2.98. The van der Waals surface area contributed by atoms with Gasteiger partial charge in [0, 0.05) is 6.07 Å². The Labute approximate surface area is 127 Å². The third kappa shape index (κ3) is 3.01. The monoisotopic (exact) mass is 300 g/mol. The molecule has 0 amide bonds. The van der Waals surface area contributed by atoms with Gasteiger partial charge in [-0.15, -0.1) is 0 Å². The molecular formula is C16H13ClN2O2. The van der Waals surface area contributed by atoms with Crippen molar-refractivity contribution in [3.63, 3.8) is 0 Å². The van der Waals surface area contributed by atoms with Gasteiger partial charge in [-0.1, -0.05) is 29.8 Å². The maximum atomic E-state index is 6.07. The van der Waals surface area contributed by atoms with E-state index in [0.717, 1.165) is 11.4 Å². The van der Waals surface area contributed by atoms with Crippen LogP contribution in [0.1, 0.15) is 0 Å². The van der Waals surface area contributed by atoms with Crippen LogP contribution < -0.4 is 9.47 Å². The third-order valence-electron chi connectivity index (χ3n) is 2.94. The maximum Gasteiger partial charge on any atom is 0.165 e. The summed E-state index contributed by atoms with van der Waals surface area (Å²) in [6.45, 7) is 0. The Morgan fingerprint density at radius 3 is 2.71 bits per heavy atom. The van der Waals surface area contributed by atoms with Crippen molar-refractivity contribution in [2.45, 2.75) is 0 Å². The normalized spacial score (nSPS) is 10.4. The molecule has 3 aromatic rings. The fraction of sp³-hybridized carbons (Fsp3) is 0.0625. The van der Waals surface area contributed by atoms with Gasteiger partial charge in [0.25, 0.3) is 0 Å². The quantitative estimate of drug-likeness (QED) is 0.719. The Morgan fingerprint density at radius 2 is 1.90 bits per heavy atom. The van der Waals surface area contributed by atoms with Crippen LogP contribution in [0.15, 0.2) is 60.9 Å². The number of aromatic nitrogens is 2. The molecule has 0 aliphatic carbocycles. The van der Waals surface area contributed by atoms with Crippen molar-refractivity contribution in [1.29, 1.82) is 0 Å². The second kappa shape index (κ2) is 5.89. The lowest BCUT2D eigenvalue weighted by molar-refractivity contribution is 0.414. The van der Waals surface area contributed by atoms with E-state index in [4.69, 9.17) is 21.1 Å². The summed E-state index contributed by atoms with van der Waals surface area (Å²) in [7, 11) is 1.63. The Hall–Kier alpha value is -2.46. The largest absolute Gasteiger partial charge is 0.497 e. The molecule has 21 heavy (non-hydrogen) atoms. The number of halogens is 1. The summed E-state index contributed by atoms with van der Waals surface area (Å²) < 4.78 is 12.6. The molecule has 5 heteroatoms. The molecule has 0 radical (unpaired) electrons. The van der Waals surface area contributed by atoms with Crippen LogP contribution in [0.4, 0.5) is 0 Å². The Balaban J connectivity index is 1.85. The van der Waals surface area contributed by atoms with E-state index >= 15 is 0 Å². The van der Waals surface area contributed by atoms with E-state index in [-0.39, 0.29) is 0 Å². The van der Waals surface area contributed by atoms with Crippen LogP contribution in [-0.2, 0) is 0 Å². The van der Waals surface area contributed by atoms with E-state index in [9.17, 15) is 0 Å². The number of rotatable bonds is 4. The van der Waals surface area contributed by atoms with Crippen LogP contribution in [0.2, 0.25) is 5.02 Å². The molecule has 2 aromatic carbocycles. The van der Waals surface area contributed by atoms with E-state index in [2.05, 4.69) is 5.10 Å². The minimum absolute atomic E-state index is 0.562. The lowest BCUT2D eigenvalue weighted by Crippen LogP contribution is -1.94. The summed E-state index contributed by atoms with van der Waals surface area (Å²) in [6, 6.07) is 14.9. The zero-order chi connectivity index (χ0) is 14.7. The molecule has 0 N–H and O–H groups in total. The molecule has 0 atom stereocenters. The van der Waals surface area contributed by atoms with Gasteiger partial charge in [0.05, 0.1) is 30.2 Å². The summed E-state index contributed by atoms with van der Waals surface area (Å²) >= 11 is 6.07. The standard InChI is InChI=1S/C16H13ClN2O2/c1-20-13-6-4-5-12(9-13)19-11-14(10-18-19)21-16-8-3-2-7-15(16)17/h2-11H,1H3. The van der Waals surface area contributed by atoms with Crippen LogP contribution in [0.25, 0.3) is 5.69 Å². The topological polar surface area (TPSA) is 36.3 Å². The molecule has 3 rings (SSSR count). The first-order valence-electron chi connectivity index (χ1n) is 6.38. The minimum Gasteiger partial charge on any atom is -0.497 e. The fourth-order valence-electron chi connectivity index (χ4n) is 1.91. The summed E-state index contributed by atoms with van der Waals surface area (Å²) in [5.41, 5.74) is 0.892. The van der Waals surface area contributed by atoms with Gasteiger partial charge in [0.1, 0.15) is 11.5 Å². The molecule has 4 nitrogen and oxygen atoms in total. The van der Waals surface area contributed by atoms with Gasteiger partial charge in [-0.3, -0.25) is 0 Å². The summed E-state index contributed by atoms with van der Waals surface area (Å²) in [5.74, 6) is 1.99. The molecule has 0 aliphatic rings. The number of para-hydroxylation sites is 1. The Morgan fingerprint density at radius 1 is 1.05 bits per heavy atom. The van der Waals surface area contributed by atoms with Gasteiger partial charge in [-0.2, -0.15) is 5.10 Å². The van der Waals surface area contributed by atoms with E-state index in [0.29, 0.717) is 16.5 Å². The third-order valence-corrected chi connectivity index (χ3v) is 3.25. The molecule has 0 saturated carbocycles. The number of ether oxygens (including phenoxy) is 2. The van der Waals surface area contributed by atoms with Crippen LogP contribution >= 0.6 is 11.6 Å². The predicted octanol–water partition coefficient (Wildman–Crippen LogP) is 4.33. The van der Waals surface area contributed by atoms with E-state index < -0.39 is 0 Å². The van der Waals surface area contributed by atoms with Gasteiger partial charge < -0.3 is 9.47 Å². The second-order valence-electron chi connectivity index (χ2n) is 4.35. The molecule has 0 bridgehead atoms. The van der Waals surface area contributed by atoms with Crippen molar-refractivity contribution in [3.05, 3.63) is 65.9 Å². The second-order valence-corrected chi connectivity index (χ2v) is 4.76. The van der Waals surface area contributed by atoms with Crippen molar-refractivity contribution in [2.24, 2.45) is 0 Å². The van der Waals surface area contributed by atoms with Crippen LogP contribution in [0.5, 0.6) is 17.2 Å². The Bertz CT molecular complexity index is 755. The number of hydrogen-bond donors (Lipinski definition) is 0. The van der Waals surface area contributed by atoms with Crippen molar-refractivity contribution in [1.82, 2.24) is 9.78 Å². The van der Waals surface area contributed by atoms with Crippen molar-refractivity contribution in [2.75, 3.05) is 7.11 Å². The number of methoxy groups -OCH3 is 1. The molecule has 0 saturated heterocycles. The first-order valence-corrected chi connectivity index (χ1v) is 6.75. The predicted molar refractivity (Wildman–Crippen MR) is 81.6 cm³/mol. The highest BCUT2D eigenvalue weighted by atomic mass is 35.5. The van der Waals surface area contributed by atoms with Crippen LogP contribution in [0, 0.1) is 0 Å². The lowest BCUT2D eigenvalue weighted by Gasteiger charge is -2.05. The van der Waals surface area contributed by atoms with Crippen molar-refractivity contribution < 1.29 is 9.47 Å². The highest BCUT2D eigenvalue weighted by Gasteiger charge is 2.06. The first-order chi connectivity index (χ1) is 10.3. The summed E-state index contributed by atoms with van der Waals surface area (Å²) in [4.78, 5) is 0. The van der Waals surface area contributed by atoms with Crippen LogP contribution in [0.3, 0.4) is 0 Å². The van der Waals surface area contributed by atoms with E-state index in [1.807, 2.05) is 42.5 Å². The minimum atomic E-state index is 0.562. The number of nitrogens with zero attached hydrogens (tertiary/aromatic N) is 2. The molecule has 1 aromatic heterocycles. The smallest absolute Gasteiger partial charge is 0.165 e. The van der Waals surface area contributed by atoms with Gasteiger partial charge >= 0.3 is 0 Å². The molecule has 0 spiro atoms. The highest BCUT2D eigenvalue weighted by Crippen LogP contribution is 2.29. The maximum absolute atomic E-state index is 6.07. The highest BCUT2D eigenvalue weighted by molar-refractivity contribution is 6.32. The van der Waals surface area contributed by atoms with Gasteiger partial charge in [-0.05, 0) is 24.3 Å². The fourth-order valence-corrected chi connectivity index (χ4v) is 2.08. The lowest BCUT2D eigenvalue weighted by atomic mass is 10.3. The SMILES string of the molecule is COc1cccc(-n2cc(Oc3ccccc3Cl)cn2)c1. The zero-order valence-corrected chi connectivity index (χ0v) is 12.1. The van der Waals surface area contributed by atoms with E-state index in [1.165, 1.54) is 0 Å². The molecule has 0 aliphatic heterocycles. The van der Waals surface area contributed by atoms with Gasteiger partial charge in [0.15, 0.2) is 5.75 Å². The van der Waals surface area contributed by atoms with Crippen LogP contribution in [-0.4, -0.2) is 16.9 Å². The summed E-state index contributed by atoms with van der Waals surface area (Å²) in [5, 5.41) is 4.84. The Kier molecular flexibility index (Phi) is 3.79. The number of benzene rings is 2. The van der Waals surface area contributed by atoms with Crippen molar-refractivity contribution >= 4 is 11.6 Å². The molecule has 0 unspecified atom stereocenters. The zero-order valence-electron chi connectivity index (χ0n) is 11.4. The summed E-state index contributed by atoms with van der Waals surface area (Å²) in [6.07, 6.45) is 3.43.